The van der Waals surface area contributed by atoms with E-state index in [-0.39, 0.29) is 0 Å². The lowest BCUT2D eigenvalue weighted by Crippen LogP contribution is -2.87. The van der Waals surface area contributed by atoms with Gasteiger partial charge in [0.25, 0.3) is 0 Å². The van der Waals surface area contributed by atoms with Crippen LogP contribution in [0.1, 0.15) is 111 Å². The molecule has 4 aliphatic heterocycles. The van der Waals surface area contributed by atoms with Crippen molar-refractivity contribution in [3.8, 4) is 0 Å². The van der Waals surface area contributed by atoms with E-state index in [1.165, 1.54) is 7.11 Å². The molecule has 53 heavy (non-hydrogen) atoms. The van der Waals surface area contributed by atoms with Crippen molar-refractivity contribution in [3.05, 3.63) is 0 Å². The van der Waals surface area contributed by atoms with Gasteiger partial charge in [-0.1, -0.05) is 0 Å². The van der Waals surface area contributed by atoms with Crippen LogP contribution in [0.3, 0.4) is 0 Å². The van der Waals surface area contributed by atoms with Crippen LogP contribution in [0.4, 0.5) is 0 Å². The monoisotopic (exact) mass is 904 g/mol. The molecule has 4 saturated heterocycles. The predicted molar refractivity (Wildman–Crippen MR) is 196 cm³/mol. The van der Waals surface area contributed by atoms with Gasteiger partial charge < -0.3 is 85.1 Å². The van der Waals surface area contributed by atoms with Crippen LogP contribution in [0.5, 0.6) is 0 Å². The minimum absolute atomic E-state index is 0.447. The Morgan fingerprint density at radius 2 is 0.566 bits per heavy atom. The lowest BCUT2D eigenvalue weighted by Gasteiger charge is -2.55. The van der Waals surface area contributed by atoms with Gasteiger partial charge in [-0.2, -0.15) is 0 Å². The SMILES string of the molecule is CO[Si]1(OC(C)C)O[Si@@]2(OC(C)C)O[Si]3(OC(C)C)O[SiH](OC(C)C)O[Si@]4(OC(C)C)O[Si](OC(C)C)(O3)O[Si](OC(C)C)(O2)O[Si@@](OC(C)C)(O1)O4. The van der Waals surface area contributed by atoms with E-state index < -0.39 is 122 Å². The fraction of sp³-hybridized carbons (Fsp3) is 1.00. The largest absolute Gasteiger partial charge is 0.668 e. The van der Waals surface area contributed by atoms with Crippen molar-refractivity contribution in [1.29, 1.82) is 0 Å². The molecule has 0 aliphatic carbocycles. The summed E-state index contributed by atoms with van der Waals surface area (Å²) in [6.45, 7) is 28.0. The number of hydrogen-bond donors (Lipinski definition) is 0. The fourth-order valence-corrected chi connectivity index (χ4v) is 38.7. The number of rotatable bonds is 17. The molecule has 8 atom stereocenters. The molecule has 0 spiro atoms. The molecule has 5 unspecified atom stereocenters. The van der Waals surface area contributed by atoms with Crippen LogP contribution < -0.4 is 0 Å². The van der Waals surface area contributed by atoms with Crippen LogP contribution in [-0.4, -0.2) is 129 Å². The maximum absolute atomic E-state index is 6.94. The van der Waals surface area contributed by atoms with Gasteiger partial charge in [-0.25, -0.2) is 0 Å². The van der Waals surface area contributed by atoms with E-state index in [0.29, 0.717) is 0 Å². The molecule has 4 fully saturated rings. The highest BCUT2D eigenvalue weighted by atomic mass is 28.6. The van der Waals surface area contributed by atoms with Gasteiger partial charge in [0.1, 0.15) is 0 Å². The van der Waals surface area contributed by atoms with Gasteiger partial charge in [0, 0.05) is 55.9 Å². The third kappa shape index (κ3) is 12.0. The normalized spacial score (nSPS) is 39.5. The average molecular weight is 905 g/mol. The smallest absolute Gasteiger partial charge is 0.374 e. The van der Waals surface area contributed by atoms with E-state index in [2.05, 4.69) is 0 Å². The first kappa shape index (κ1) is 46.6. The van der Waals surface area contributed by atoms with Crippen LogP contribution in [0, 0.1) is 0 Å². The highest BCUT2D eigenvalue weighted by Gasteiger charge is 2.87. The Kier molecular flexibility index (Phi) is 15.5. The van der Waals surface area contributed by atoms with Crippen molar-refractivity contribution >= 4 is 72.9 Å². The summed E-state index contributed by atoms with van der Waals surface area (Å²) in [5.74, 6) is 0. The summed E-state index contributed by atoms with van der Waals surface area (Å²) in [6.07, 6.45) is -4.82. The lowest BCUT2D eigenvalue weighted by atomic mass is 10.5. The van der Waals surface area contributed by atoms with Crippen LogP contribution in [-0.2, 0) is 85.1 Å². The first-order valence-corrected chi connectivity index (χ1v) is 30.8. The molecule has 20 nitrogen and oxygen atoms in total. The molecule has 0 aromatic heterocycles. The second-order valence-electron chi connectivity index (χ2n) is 14.5. The fourth-order valence-electron chi connectivity index (χ4n) is 4.96. The van der Waals surface area contributed by atoms with Crippen molar-refractivity contribution in [2.75, 3.05) is 7.11 Å². The van der Waals surface area contributed by atoms with Gasteiger partial charge in [0.15, 0.2) is 0 Å². The van der Waals surface area contributed by atoms with E-state index in [4.69, 9.17) is 85.1 Å². The number of hydrogen-bond acceptors (Lipinski definition) is 20. The maximum atomic E-state index is 6.94. The standard InChI is InChI=1S/C25H60O20Si8/c1-18(2)27-46-35-48(29-20(5)6)39-50(31-22(9)10)37-47(26-17,28-19(3)4)38-51(32-23(11)12)40-49(36-46,30-21(7)8)42-52(41-48,33-24(13)14)45-53(43-50,44-51)34-25(15)16/h18-25,46H,1-17H3/t46?,47?,48-,49?,50-,51-,52?,53?/m0/s1. The maximum Gasteiger partial charge on any atom is 0.668 e. The molecule has 0 aromatic carbocycles. The first-order valence-electron chi connectivity index (χ1n) is 18.0. The summed E-state index contributed by atoms with van der Waals surface area (Å²) in [5, 5.41) is 0. The molecule has 0 radical (unpaired) electrons. The molecule has 4 aliphatic rings. The average Bonchev–Trinajstić information content (AvgIpc) is 2.86. The van der Waals surface area contributed by atoms with E-state index >= 15 is 0 Å². The molecular formula is C25H60O20Si8. The van der Waals surface area contributed by atoms with Crippen LogP contribution in [0.2, 0.25) is 0 Å². The first-order chi connectivity index (χ1) is 24.3. The molecule has 0 saturated carbocycles. The molecule has 6 bridgehead atoms. The highest BCUT2D eigenvalue weighted by molar-refractivity contribution is 6.94. The molecule has 4 heterocycles. The van der Waals surface area contributed by atoms with Crippen LogP contribution >= 0.6 is 0 Å². The summed E-state index contributed by atoms with van der Waals surface area (Å²) in [4.78, 5) is 0. The van der Waals surface area contributed by atoms with Crippen LogP contribution in [0.15, 0.2) is 0 Å². The van der Waals surface area contributed by atoms with E-state index in [1.807, 2.05) is 0 Å². The molecule has 312 valence electrons. The Morgan fingerprint density at radius 3 is 0.811 bits per heavy atom. The Bertz CT molecular complexity index is 1140. The Hall–Kier alpha value is 0.935. The zero-order valence-corrected chi connectivity index (χ0v) is 42.0. The summed E-state index contributed by atoms with van der Waals surface area (Å²) in [7, 11) is -36.5. The second kappa shape index (κ2) is 17.7. The molecule has 0 aromatic rings. The van der Waals surface area contributed by atoms with Gasteiger partial charge in [0.05, 0.1) is 0 Å². The van der Waals surface area contributed by atoms with Crippen LogP contribution in [0.25, 0.3) is 0 Å². The molecule has 0 N–H and O–H groups in total. The van der Waals surface area contributed by atoms with Crippen molar-refractivity contribution in [1.82, 2.24) is 0 Å². The third-order valence-corrected chi connectivity index (χ3v) is 34.5. The van der Waals surface area contributed by atoms with E-state index in [1.54, 1.807) is 111 Å². The van der Waals surface area contributed by atoms with Crippen molar-refractivity contribution in [3.63, 3.8) is 0 Å². The van der Waals surface area contributed by atoms with Crippen molar-refractivity contribution in [2.45, 2.75) is 160 Å². The van der Waals surface area contributed by atoms with Gasteiger partial charge in [0.2, 0.25) is 0 Å². The molecule has 0 amide bonds. The zero-order chi connectivity index (χ0) is 39.8. The van der Waals surface area contributed by atoms with Crippen molar-refractivity contribution in [2.24, 2.45) is 0 Å². The summed E-state index contributed by atoms with van der Waals surface area (Å²) in [5.41, 5.74) is 0. The second-order valence-corrected chi connectivity index (χ2v) is 33.6. The van der Waals surface area contributed by atoms with Crippen molar-refractivity contribution < 1.29 is 85.1 Å². The lowest BCUT2D eigenvalue weighted by molar-refractivity contribution is -0.156. The van der Waals surface area contributed by atoms with Gasteiger partial charge in [-0.15, -0.1) is 0 Å². The highest BCUT2D eigenvalue weighted by Crippen LogP contribution is 2.47. The third-order valence-electron chi connectivity index (χ3n) is 6.02. The number of fused-ring (bicyclic) bond motifs is 4. The summed E-state index contributed by atoms with van der Waals surface area (Å²) >= 11 is 0. The van der Waals surface area contributed by atoms with Gasteiger partial charge in [-0.3, -0.25) is 0 Å². The molecule has 28 heteroatoms. The summed E-state index contributed by atoms with van der Waals surface area (Å²) in [6, 6.07) is 0. The summed E-state index contributed by atoms with van der Waals surface area (Å²) < 4.78 is 134. The van der Waals surface area contributed by atoms with E-state index in [0.717, 1.165) is 0 Å². The Labute approximate surface area is 323 Å². The minimum atomic E-state index is -4.98. The molecular weight excluding hydrogens is 845 g/mol. The molecule has 4 rings (SSSR count). The zero-order valence-electron chi connectivity index (χ0n) is 33.9. The quantitative estimate of drug-likeness (QED) is 0.194. The predicted octanol–water partition coefficient (Wildman–Crippen LogP) is 3.04. The van der Waals surface area contributed by atoms with Gasteiger partial charge in [-0.05, 0) is 111 Å². The van der Waals surface area contributed by atoms with E-state index in [9.17, 15) is 0 Å². The minimum Gasteiger partial charge on any atom is -0.374 e. The topological polar surface area (TPSA) is 185 Å². The Morgan fingerprint density at radius 1 is 0.321 bits per heavy atom. The van der Waals surface area contributed by atoms with Gasteiger partial charge >= 0.3 is 72.9 Å². The Balaban J connectivity index is 2.24.